The fourth-order valence-electron chi connectivity index (χ4n) is 2.46. The van der Waals surface area contributed by atoms with Gasteiger partial charge in [0.25, 0.3) is 0 Å². The van der Waals surface area contributed by atoms with Crippen molar-refractivity contribution in [3.63, 3.8) is 0 Å². The molecule has 1 saturated heterocycles. The summed E-state index contributed by atoms with van der Waals surface area (Å²) in [6.07, 6.45) is -0.688. The van der Waals surface area contributed by atoms with E-state index in [2.05, 4.69) is 5.32 Å². The minimum absolute atomic E-state index is 0.219. The highest BCUT2D eigenvalue weighted by atomic mass is 16.6. The third-order valence-corrected chi connectivity index (χ3v) is 3.54. The van der Waals surface area contributed by atoms with Crippen LogP contribution < -0.4 is 14.8 Å². The minimum atomic E-state index is -0.688. The number of hydrogen-bond donors (Lipinski definition) is 1. The van der Waals surface area contributed by atoms with Crippen LogP contribution in [0.2, 0.25) is 0 Å². The predicted octanol–water partition coefficient (Wildman–Crippen LogP) is 2.29. The molecule has 2 atom stereocenters. The van der Waals surface area contributed by atoms with E-state index >= 15 is 0 Å². The molecule has 1 N–H and O–H groups in total. The Bertz CT molecular complexity index is 644. The number of methoxy groups -OCH3 is 1. The second-order valence-electron chi connectivity index (χ2n) is 4.90. The normalized spacial score (nSPS) is 20.6. The fourth-order valence-corrected chi connectivity index (χ4v) is 2.46. The molecule has 2 aromatic carbocycles. The molecule has 1 fully saturated rings. The molecule has 1 aliphatic heterocycles. The summed E-state index contributed by atoms with van der Waals surface area (Å²) in [4.78, 5) is 12.4. The molecular formula is C17H17NO4. The van der Waals surface area contributed by atoms with Gasteiger partial charge in [0.05, 0.1) is 19.9 Å². The summed E-state index contributed by atoms with van der Waals surface area (Å²) in [5.41, 5.74) is 0.988. The van der Waals surface area contributed by atoms with E-state index in [4.69, 9.17) is 14.2 Å². The minimum Gasteiger partial charge on any atom is -0.493 e. The van der Waals surface area contributed by atoms with Crippen molar-refractivity contribution < 1.29 is 19.0 Å². The van der Waals surface area contributed by atoms with E-state index in [-0.39, 0.29) is 6.04 Å². The highest BCUT2D eigenvalue weighted by molar-refractivity contribution is 5.79. The number of benzene rings is 2. The molecule has 5 nitrogen and oxygen atoms in total. The van der Waals surface area contributed by atoms with Crippen molar-refractivity contribution in [2.75, 3.05) is 13.8 Å². The number of ether oxygens (including phenoxy) is 3. The molecule has 1 aliphatic rings. The van der Waals surface area contributed by atoms with Crippen molar-refractivity contribution in [1.29, 1.82) is 0 Å². The SMILES string of the molecule is COc1ccccc1OC(=O)C1OCNC1c1ccccc1. The Labute approximate surface area is 128 Å². The van der Waals surface area contributed by atoms with Crippen LogP contribution in [-0.2, 0) is 9.53 Å². The first-order valence-corrected chi connectivity index (χ1v) is 7.04. The van der Waals surface area contributed by atoms with E-state index in [1.54, 1.807) is 18.2 Å². The fraction of sp³-hybridized carbons (Fsp3) is 0.235. The maximum absolute atomic E-state index is 12.4. The Morgan fingerprint density at radius 2 is 1.77 bits per heavy atom. The molecule has 114 valence electrons. The zero-order chi connectivity index (χ0) is 15.4. The van der Waals surface area contributed by atoms with Gasteiger partial charge in [-0.2, -0.15) is 0 Å². The molecular weight excluding hydrogens is 282 g/mol. The van der Waals surface area contributed by atoms with Gasteiger partial charge in [-0.05, 0) is 17.7 Å². The van der Waals surface area contributed by atoms with Crippen molar-refractivity contribution in [2.24, 2.45) is 0 Å². The van der Waals surface area contributed by atoms with Crippen LogP contribution >= 0.6 is 0 Å². The highest BCUT2D eigenvalue weighted by Crippen LogP contribution is 2.29. The molecule has 2 unspecified atom stereocenters. The molecule has 0 amide bonds. The number of carbonyl (C=O) groups excluding carboxylic acids is 1. The van der Waals surface area contributed by atoms with E-state index in [0.29, 0.717) is 18.2 Å². The number of hydrogen-bond acceptors (Lipinski definition) is 5. The second kappa shape index (κ2) is 6.60. The molecule has 0 bridgehead atoms. The third-order valence-electron chi connectivity index (χ3n) is 3.54. The van der Waals surface area contributed by atoms with Crippen LogP contribution in [0, 0.1) is 0 Å². The molecule has 0 radical (unpaired) electrons. The van der Waals surface area contributed by atoms with Crippen LogP contribution in [-0.4, -0.2) is 25.9 Å². The average molecular weight is 299 g/mol. The van der Waals surface area contributed by atoms with Gasteiger partial charge in [0.1, 0.15) is 0 Å². The number of rotatable bonds is 4. The zero-order valence-electron chi connectivity index (χ0n) is 12.2. The second-order valence-corrected chi connectivity index (χ2v) is 4.90. The quantitative estimate of drug-likeness (QED) is 0.693. The van der Waals surface area contributed by atoms with E-state index < -0.39 is 12.1 Å². The smallest absolute Gasteiger partial charge is 0.342 e. The van der Waals surface area contributed by atoms with Gasteiger partial charge in [-0.25, -0.2) is 4.79 Å². The Morgan fingerprint density at radius 3 is 2.50 bits per heavy atom. The predicted molar refractivity (Wildman–Crippen MR) is 80.7 cm³/mol. The third kappa shape index (κ3) is 2.95. The van der Waals surface area contributed by atoms with Crippen LogP contribution in [0.25, 0.3) is 0 Å². The van der Waals surface area contributed by atoms with Crippen molar-refractivity contribution in [3.05, 3.63) is 60.2 Å². The lowest BCUT2D eigenvalue weighted by atomic mass is 10.0. The lowest BCUT2D eigenvalue weighted by Crippen LogP contribution is -2.32. The Hall–Kier alpha value is -2.37. The first-order valence-electron chi connectivity index (χ1n) is 7.04. The number of esters is 1. The highest BCUT2D eigenvalue weighted by Gasteiger charge is 2.36. The molecule has 0 aliphatic carbocycles. The van der Waals surface area contributed by atoms with E-state index in [0.717, 1.165) is 5.56 Å². The molecule has 1 heterocycles. The van der Waals surface area contributed by atoms with Crippen LogP contribution in [0.15, 0.2) is 54.6 Å². The first-order chi connectivity index (χ1) is 10.8. The number of carbonyl (C=O) groups is 1. The molecule has 22 heavy (non-hydrogen) atoms. The Morgan fingerprint density at radius 1 is 1.09 bits per heavy atom. The van der Waals surface area contributed by atoms with Gasteiger partial charge < -0.3 is 14.2 Å². The van der Waals surface area contributed by atoms with E-state index in [9.17, 15) is 4.79 Å². The van der Waals surface area contributed by atoms with E-state index in [1.807, 2.05) is 36.4 Å². The molecule has 3 rings (SSSR count). The summed E-state index contributed by atoms with van der Waals surface area (Å²) in [6, 6.07) is 16.5. The number of para-hydroxylation sites is 2. The summed E-state index contributed by atoms with van der Waals surface area (Å²) in [5, 5.41) is 3.16. The number of nitrogens with one attached hydrogen (secondary N) is 1. The van der Waals surface area contributed by atoms with Crippen LogP contribution in [0.4, 0.5) is 0 Å². The van der Waals surface area contributed by atoms with Crippen molar-refractivity contribution in [3.8, 4) is 11.5 Å². The van der Waals surface area contributed by atoms with Gasteiger partial charge >= 0.3 is 5.97 Å². The van der Waals surface area contributed by atoms with Crippen molar-refractivity contribution in [1.82, 2.24) is 5.32 Å². The van der Waals surface area contributed by atoms with Gasteiger partial charge in [-0.15, -0.1) is 0 Å². The summed E-state index contributed by atoms with van der Waals surface area (Å²) in [7, 11) is 1.53. The van der Waals surface area contributed by atoms with Gasteiger partial charge in [0.15, 0.2) is 17.6 Å². The first kappa shape index (κ1) is 14.6. The monoisotopic (exact) mass is 299 g/mol. The maximum Gasteiger partial charge on any atom is 0.342 e. The van der Waals surface area contributed by atoms with Crippen molar-refractivity contribution in [2.45, 2.75) is 12.1 Å². The molecule has 5 heteroatoms. The van der Waals surface area contributed by atoms with Gasteiger partial charge in [0, 0.05) is 0 Å². The topological polar surface area (TPSA) is 56.8 Å². The lowest BCUT2D eigenvalue weighted by Gasteiger charge is -2.18. The summed E-state index contributed by atoms with van der Waals surface area (Å²) in [6.45, 7) is 0.311. The van der Waals surface area contributed by atoms with Gasteiger partial charge in [-0.1, -0.05) is 42.5 Å². The van der Waals surface area contributed by atoms with Crippen LogP contribution in [0.1, 0.15) is 11.6 Å². The zero-order valence-corrected chi connectivity index (χ0v) is 12.2. The standard InChI is InChI=1S/C17H17NO4/c1-20-13-9-5-6-10-14(13)22-17(19)16-15(18-11-21-16)12-7-3-2-4-8-12/h2-10,15-16,18H,11H2,1H3. The Balaban J connectivity index is 1.77. The van der Waals surface area contributed by atoms with Crippen LogP contribution in [0.3, 0.4) is 0 Å². The lowest BCUT2D eigenvalue weighted by molar-refractivity contribution is -0.145. The van der Waals surface area contributed by atoms with Crippen LogP contribution in [0.5, 0.6) is 11.5 Å². The summed E-state index contributed by atoms with van der Waals surface area (Å²) < 4.78 is 16.1. The largest absolute Gasteiger partial charge is 0.493 e. The molecule has 2 aromatic rings. The Kier molecular flexibility index (Phi) is 4.37. The molecule has 0 aromatic heterocycles. The summed E-state index contributed by atoms with van der Waals surface area (Å²) >= 11 is 0. The molecule has 0 saturated carbocycles. The van der Waals surface area contributed by atoms with Gasteiger partial charge in [-0.3, -0.25) is 5.32 Å². The summed E-state index contributed by atoms with van der Waals surface area (Å²) in [5.74, 6) is 0.457. The average Bonchev–Trinajstić information content (AvgIpc) is 3.06. The van der Waals surface area contributed by atoms with Gasteiger partial charge in [0.2, 0.25) is 0 Å². The van der Waals surface area contributed by atoms with E-state index in [1.165, 1.54) is 7.11 Å². The maximum atomic E-state index is 12.4. The van der Waals surface area contributed by atoms with Crippen molar-refractivity contribution >= 4 is 5.97 Å². The molecule has 0 spiro atoms.